The summed E-state index contributed by atoms with van der Waals surface area (Å²) >= 11 is 0. The van der Waals surface area contributed by atoms with E-state index in [-0.39, 0.29) is 12.2 Å². The number of carbonyl (C=O) groups excluding carboxylic acids is 2. The van der Waals surface area contributed by atoms with Gasteiger partial charge in [0.25, 0.3) is 0 Å². The molecule has 0 aliphatic carbocycles. The normalized spacial score (nSPS) is 11.4. The third kappa shape index (κ3) is 3.15. The van der Waals surface area contributed by atoms with Gasteiger partial charge in [-0.05, 0) is 0 Å². The molecule has 0 spiro atoms. The van der Waals surface area contributed by atoms with Crippen LogP contribution < -0.4 is 0 Å². The lowest BCUT2D eigenvalue weighted by atomic mass is 10.0. The zero-order chi connectivity index (χ0) is 9.56. The quantitative estimate of drug-likeness (QED) is 0.580. The number of carbonyl (C=O) groups is 2. The summed E-state index contributed by atoms with van der Waals surface area (Å²) in [5, 5.41) is 8.47. The van der Waals surface area contributed by atoms with E-state index in [1.165, 1.54) is 7.11 Å². The number of rotatable bonds is 4. The van der Waals surface area contributed by atoms with Gasteiger partial charge in [0.15, 0.2) is 5.92 Å². The monoisotopic (exact) mass is 169 g/mol. The van der Waals surface area contributed by atoms with E-state index in [1.54, 1.807) is 13.0 Å². The molecule has 0 rings (SSSR count). The summed E-state index contributed by atoms with van der Waals surface area (Å²) in [4.78, 5) is 21.6. The molecule has 0 radical (unpaired) electrons. The second-order valence-electron chi connectivity index (χ2n) is 2.30. The Hall–Kier alpha value is -1.37. The summed E-state index contributed by atoms with van der Waals surface area (Å²) in [6.45, 7) is 1.69. The Morgan fingerprint density at radius 3 is 2.50 bits per heavy atom. The Morgan fingerprint density at radius 2 is 2.17 bits per heavy atom. The third-order valence-electron chi connectivity index (χ3n) is 1.47. The lowest BCUT2D eigenvalue weighted by Gasteiger charge is -2.03. The minimum Gasteiger partial charge on any atom is -0.468 e. The molecule has 0 N–H and O–H groups in total. The predicted octanol–water partition coefficient (Wildman–Crippen LogP) is 0.668. The summed E-state index contributed by atoms with van der Waals surface area (Å²) in [5.74, 6) is -1.69. The molecular weight excluding hydrogens is 158 g/mol. The summed E-state index contributed by atoms with van der Waals surface area (Å²) in [7, 11) is 1.20. The van der Waals surface area contributed by atoms with Crippen LogP contribution in [0.25, 0.3) is 0 Å². The fraction of sp³-hybridized carbons (Fsp3) is 0.625. The Labute approximate surface area is 71.1 Å². The zero-order valence-corrected chi connectivity index (χ0v) is 7.16. The van der Waals surface area contributed by atoms with Gasteiger partial charge in [-0.25, -0.2) is 0 Å². The summed E-state index contributed by atoms with van der Waals surface area (Å²) < 4.78 is 4.33. The molecule has 0 aliphatic heterocycles. The summed E-state index contributed by atoms with van der Waals surface area (Å²) in [6, 6.07) is 1.72. The second-order valence-corrected chi connectivity index (χ2v) is 2.30. The molecular formula is C8H11NO3. The number of nitrogens with zero attached hydrogens (tertiary/aromatic N) is 1. The van der Waals surface area contributed by atoms with Gasteiger partial charge in [0.05, 0.1) is 13.2 Å². The number of ketones is 1. The van der Waals surface area contributed by atoms with Crippen molar-refractivity contribution in [3.05, 3.63) is 0 Å². The topological polar surface area (TPSA) is 67.2 Å². The summed E-state index contributed by atoms with van der Waals surface area (Å²) in [6.07, 6.45) is 0.300. The first-order valence-electron chi connectivity index (χ1n) is 3.64. The molecule has 0 aromatic heterocycles. The van der Waals surface area contributed by atoms with Crippen LogP contribution in [0.2, 0.25) is 0 Å². The van der Waals surface area contributed by atoms with E-state index in [2.05, 4.69) is 4.74 Å². The molecule has 0 aromatic rings. The molecule has 0 saturated carbocycles. The van der Waals surface area contributed by atoms with Gasteiger partial charge in [-0.2, -0.15) is 5.26 Å². The lowest BCUT2D eigenvalue weighted by Crippen LogP contribution is -2.17. The van der Waals surface area contributed by atoms with Gasteiger partial charge < -0.3 is 4.74 Å². The van der Waals surface area contributed by atoms with Crippen LogP contribution in [0.5, 0.6) is 0 Å². The smallest absolute Gasteiger partial charge is 0.323 e. The van der Waals surface area contributed by atoms with Crippen molar-refractivity contribution in [2.45, 2.75) is 19.8 Å². The molecule has 0 fully saturated rings. The molecule has 0 aromatic carbocycles. The van der Waals surface area contributed by atoms with E-state index in [0.29, 0.717) is 6.42 Å². The fourth-order valence-electron chi connectivity index (χ4n) is 0.696. The van der Waals surface area contributed by atoms with Crippen LogP contribution in [0.3, 0.4) is 0 Å². The number of methoxy groups -OCH3 is 1. The van der Waals surface area contributed by atoms with Crippen LogP contribution in [-0.4, -0.2) is 18.9 Å². The van der Waals surface area contributed by atoms with Crippen LogP contribution in [0, 0.1) is 17.2 Å². The Balaban J connectivity index is 4.11. The molecule has 0 saturated heterocycles. The highest BCUT2D eigenvalue weighted by atomic mass is 16.5. The average molecular weight is 169 g/mol. The van der Waals surface area contributed by atoms with Crippen molar-refractivity contribution in [3.8, 4) is 6.07 Å². The molecule has 66 valence electrons. The van der Waals surface area contributed by atoms with Crippen molar-refractivity contribution in [3.63, 3.8) is 0 Å². The van der Waals surface area contributed by atoms with Gasteiger partial charge in [-0.3, -0.25) is 9.59 Å². The Morgan fingerprint density at radius 1 is 1.58 bits per heavy atom. The van der Waals surface area contributed by atoms with Gasteiger partial charge in [0.1, 0.15) is 5.78 Å². The highest BCUT2D eigenvalue weighted by Gasteiger charge is 2.20. The first-order valence-corrected chi connectivity index (χ1v) is 3.64. The first kappa shape index (κ1) is 10.6. The Bertz CT molecular complexity index is 217. The average Bonchev–Trinajstić information content (AvgIpc) is 2.12. The Kier molecular flexibility index (Phi) is 4.70. The lowest BCUT2D eigenvalue weighted by molar-refractivity contribution is -0.145. The van der Waals surface area contributed by atoms with Crippen molar-refractivity contribution >= 4 is 11.8 Å². The van der Waals surface area contributed by atoms with Crippen molar-refractivity contribution in [1.82, 2.24) is 0 Å². The number of hydrogen-bond acceptors (Lipinski definition) is 4. The minimum absolute atomic E-state index is 0.0420. The highest BCUT2D eigenvalue weighted by Crippen LogP contribution is 2.05. The third-order valence-corrected chi connectivity index (χ3v) is 1.47. The van der Waals surface area contributed by atoms with Gasteiger partial charge in [0, 0.05) is 12.8 Å². The molecule has 1 atom stereocenters. The van der Waals surface area contributed by atoms with E-state index in [0.717, 1.165) is 0 Å². The van der Waals surface area contributed by atoms with E-state index < -0.39 is 11.9 Å². The van der Waals surface area contributed by atoms with Gasteiger partial charge >= 0.3 is 5.97 Å². The molecule has 4 nitrogen and oxygen atoms in total. The van der Waals surface area contributed by atoms with Crippen molar-refractivity contribution in [2.24, 2.45) is 5.92 Å². The summed E-state index contributed by atoms with van der Waals surface area (Å²) in [5.41, 5.74) is 0. The van der Waals surface area contributed by atoms with Gasteiger partial charge in [-0.15, -0.1) is 0 Å². The number of hydrogen-bond donors (Lipinski definition) is 0. The standard InChI is InChI=1S/C8H11NO3/c1-3-7(10)4-6(5-9)8(11)12-2/h6H,3-4H2,1-2H3. The van der Waals surface area contributed by atoms with Crippen molar-refractivity contribution < 1.29 is 14.3 Å². The molecule has 4 heteroatoms. The van der Waals surface area contributed by atoms with E-state index >= 15 is 0 Å². The number of ether oxygens (including phenoxy) is 1. The number of esters is 1. The molecule has 0 bridgehead atoms. The number of Topliss-reactive ketones (excluding diaryl/α,β-unsaturated/α-hetero) is 1. The van der Waals surface area contributed by atoms with Crippen LogP contribution in [-0.2, 0) is 14.3 Å². The molecule has 12 heavy (non-hydrogen) atoms. The van der Waals surface area contributed by atoms with Gasteiger partial charge in [-0.1, -0.05) is 6.92 Å². The molecule has 1 unspecified atom stereocenters. The maximum absolute atomic E-state index is 10.8. The van der Waals surface area contributed by atoms with Crippen LogP contribution in [0.1, 0.15) is 19.8 Å². The van der Waals surface area contributed by atoms with Crippen molar-refractivity contribution in [2.75, 3.05) is 7.11 Å². The second kappa shape index (κ2) is 5.30. The van der Waals surface area contributed by atoms with Crippen molar-refractivity contribution in [1.29, 1.82) is 5.26 Å². The largest absolute Gasteiger partial charge is 0.468 e. The molecule has 0 aliphatic rings. The molecule has 0 amide bonds. The predicted molar refractivity (Wildman–Crippen MR) is 41.0 cm³/mol. The maximum atomic E-state index is 10.8. The first-order chi connectivity index (χ1) is 5.65. The minimum atomic E-state index is -0.942. The van der Waals surface area contributed by atoms with E-state index in [4.69, 9.17) is 5.26 Å². The molecule has 0 heterocycles. The van der Waals surface area contributed by atoms with Crippen LogP contribution in [0.15, 0.2) is 0 Å². The highest BCUT2D eigenvalue weighted by molar-refractivity contribution is 5.85. The zero-order valence-electron chi connectivity index (χ0n) is 7.16. The SMILES string of the molecule is CCC(=O)CC(C#N)C(=O)OC. The maximum Gasteiger partial charge on any atom is 0.323 e. The fourth-order valence-corrected chi connectivity index (χ4v) is 0.696. The van der Waals surface area contributed by atoms with Crippen LogP contribution in [0.4, 0.5) is 0 Å². The van der Waals surface area contributed by atoms with Crippen LogP contribution >= 0.6 is 0 Å². The van der Waals surface area contributed by atoms with E-state index in [1.807, 2.05) is 0 Å². The number of nitriles is 1. The van der Waals surface area contributed by atoms with Gasteiger partial charge in [0.2, 0.25) is 0 Å². The van der Waals surface area contributed by atoms with E-state index in [9.17, 15) is 9.59 Å².